The first kappa shape index (κ1) is 17.1. The number of carbonyl (C=O) groups is 2. The number of thioether (sulfide) groups is 1. The molecule has 0 amide bonds. The van der Waals surface area contributed by atoms with Gasteiger partial charge in [-0.2, -0.15) is 5.10 Å². The fraction of sp³-hybridized carbons (Fsp3) is 0.421. The summed E-state index contributed by atoms with van der Waals surface area (Å²) in [6.45, 7) is 4.19. The number of aromatic amines is 1. The molecule has 0 aromatic carbocycles. The molecule has 2 N–H and O–H groups in total. The van der Waals surface area contributed by atoms with Gasteiger partial charge >= 0.3 is 5.97 Å². The van der Waals surface area contributed by atoms with E-state index in [4.69, 9.17) is 4.74 Å². The highest BCUT2D eigenvalue weighted by Gasteiger charge is 2.54. The van der Waals surface area contributed by atoms with Crippen LogP contribution in [-0.4, -0.2) is 34.3 Å². The van der Waals surface area contributed by atoms with Crippen LogP contribution in [0.15, 0.2) is 40.1 Å². The molecule has 1 atom stereocenters. The van der Waals surface area contributed by atoms with Crippen LogP contribution in [0.4, 0.5) is 5.82 Å². The summed E-state index contributed by atoms with van der Waals surface area (Å²) in [6.07, 6.45) is 7.46. The second kappa shape index (κ2) is 6.46. The minimum atomic E-state index is -0.698. The Morgan fingerprint density at radius 1 is 1.42 bits per heavy atom. The summed E-state index contributed by atoms with van der Waals surface area (Å²) < 4.78 is 5.43. The fourth-order valence-electron chi connectivity index (χ4n) is 4.01. The number of carbonyl (C=O) groups excluding carboxylic acids is 2. The van der Waals surface area contributed by atoms with Crippen molar-refractivity contribution in [3.63, 3.8) is 0 Å². The fourth-order valence-corrected chi connectivity index (χ4v) is 5.42. The summed E-state index contributed by atoms with van der Waals surface area (Å²) in [7, 11) is 0. The first-order valence-electron chi connectivity index (χ1n) is 8.91. The number of H-pyrrole nitrogens is 1. The predicted octanol–water partition coefficient (Wildman–Crippen LogP) is 3.22. The lowest BCUT2D eigenvalue weighted by Gasteiger charge is -2.38. The molecule has 3 heterocycles. The van der Waals surface area contributed by atoms with Crippen molar-refractivity contribution in [3.8, 4) is 0 Å². The molecule has 1 aromatic rings. The van der Waals surface area contributed by atoms with Crippen molar-refractivity contribution in [2.24, 2.45) is 0 Å². The maximum Gasteiger partial charge on any atom is 0.337 e. The number of esters is 1. The number of nitrogens with zero attached hydrogens (tertiary/aromatic N) is 1. The maximum absolute atomic E-state index is 13.0. The van der Waals surface area contributed by atoms with Crippen molar-refractivity contribution in [2.75, 3.05) is 17.7 Å². The van der Waals surface area contributed by atoms with Crippen LogP contribution in [0.2, 0.25) is 0 Å². The van der Waals surface area contributed by atoms with Crippen molar-refractivity contribution in [2.45, 2.75) is 38.5 Å². The Labute approximate surface area is 156 Å². The van der Waals surface area contributed by atoms with E-state index in [1.54, 1.807) is 24.0 Å². The van der Waals surface area contributed by atoms with Crippen molar-refractivity contribution < 1.29 is 14.3 Å². The number of ketones is 1. The highest BCUT2D eigenvalue weighted by Crippen LogP contribution is 2.59. The van der Waals surface area contributed by atoms with Crippen molar-refractivity contribution in [1.82, 2.24) is 10.2 Å². The molecule has 1 saturated heterocycles. The molecule has 0 bridgehead atoms. The Balaban J connectivity index is 1.99. The van der Waals surface area contributed by atoms with E-state index in [0.717, 1.165) is 40.4 Å². The number of rotatable bonds is 4. The summed E-state index contributed by atoms with van der Waals surface area (Å²) in [5, 5.41) is 10.6. The molecule has 7 heteroatoms. The Kier molecular flexibility index (Phi) is 4.26. The molecule has 26 heavy (non-hydrogen) atoms. The Morgan fingerprint density at radius 3 is 3.04 bits per heavy atom. The number of aromatic nitrogens is 2. The molecule has 3 aliphatic rings. The predicted molar refractivity (Wildman–Crippen MR) is 101 cm³/mol. The minimum Gasteiger partial charge on any atom is -0.463 e. The first-order chi connectivity index (χ1) is 12.6. The van der Waals surface area contributed by atoms with E-state index in [1.807, 2.05) is 13.0 Å². The van der Waals surface area contributed by atoms with Gasteiger partial charge in [0.2, 0.25) is 0 Å². The number of fused-ring (bicyclic) bond motifs is 4. The molecule has 1 aromatic heterocycles. The monoisotopic (exact) mass is 371 g/mol. The molecule has 0 radical (unpaired) electrons. The Hall–Kier alpha value is -2.28. The van der Waals surface area contributed by atoms with Crippen LogP contribution in [-0.2, 0) is 19.7 Å². The average molecular weight is 371 g/mol. The molecular weight excluding hydrogens is 350 g/mol. The molecule has 6 nitrogen and oxygen atoms in total. The van der Waals surface area contributed by atoms with Crippen LogP contribution in [0.5, 0.6) is 0 Å². The average Bonchev–Trinajstić information content (AvgIpc) is 3.22. The SMILES string of the molecule is CCCC1=C(C(=O)OCC)C2(CSC3=CCC(=O)C=C32)c2cn[nH]c2N1. The number of allylic oxidation sites excluding steroid dienone is 4. The second-order valence-electron chi connectivity index (χ2n) is 6.60. The summed E-state index contributed by atoms with van der Waals surface area (Å²) in [6, 6.07) is 0. The third kappa shape index (κ3) is 2.37. The van der Waals surface area contributed by atoms with E-state index in [2.05, 4.69) is 22.4 Å². The standard InChI is InChI=1S/C19H21N3O3S/c1-3-5-14-16(18(24)25-4-2)19(13-9-20-22-17(13)21-14)10-26-15-7-6-11(23)8-12(15)19/h7-9H,3-6,10H2,1-2H3,(H2,20,21,22). The summed E-state index contributed by atoms with van der Waals surface area (Å²) in [5.74, 6) is 1.20. The van der Waals surface area contributed by atoms with Crippen LogP contribution < -0.4 is 5.32 Å². The van der Waals surface area contributed by atoms with Gasteiger partial charge in [-0.15, -0.1) is 11.8 Å². The Morgan fingerprint density at radius 2 is 2.27 bits per heavy atom. The van der Waals surface area contributed by atoms with Gasteiger partial charge in [0, 0.05) is 28.3 Å². The molecule has 136 valence electrons. The van der Waals surface area contributed by atoms with Crippen molar-refractivity contribution >= 4 is 29.3 Å². The number of nitrogens with one attached hydrogen (secondary N) is 2. The Bertz CT molecular complexity index is 880. The van der Waals surface area contributed by atoms with Gasteiger partial charge in [0.15, 0.2) is 5.78 Å². The van der Waals surface area contributed by atoms with E-state index in [0.29, 0.717) is 24.4 Å². The van der Waals surface area contributed by atoms with E-state index < -0.39 is 5.41 Å². The minimum absolute atomic E-state index is 0.0643. The lowest BCUT2D eigenvalue weighted by atomic mass is 9.67. The summed E-state index contributed by atoms with van der Waals surface area (Å²) in [5.41, 5.74) is 2.57. The van der Waals surface area contributed by atoms with Crippen molar-refractivity contribution in [3.05, 3.63) is 45.7 Å². The number of ether oxygens (including phenoxy) is 1. The highest BCUT2D eigenvalue weighted by atomic mass is 32.2. The lowest BCUT2D eigenvalue weighted by Crippen LogP contribution is -2.40. The zero-order valence-electron chi connectivity index (χ0n) is 14.8. The smallest absolute Gasteiger partial charge is 0.337 e. The van der Waals surface area contributed by atoms with Gasteiger partial charge < -0.3 is 10.1 Å². The van der Waals surface area contributed by atoms with Gasteiger partial charge in [-0.1, -0.05) is 19.4 Å². The van der Waals surface area contributed by atoms with E-state index in [-0.39, 0.29) is 11.8 Å². The molecule has 1 fully saturated rings. The van der Waals surface area contributed by atoms with Crippen LogP contribution in [0.3, 0.4) is 0 Å². The van der Waals surface area contributed by atoms with Gasteiger partial charge in [0.05, 0.1) is 23.8 Å². The molecule has 0 saturated carbocycles. The first-order valence-corrected chi connectivity index (χ1v) is 9.90. The second-order valence-corrected chi connectivity index (χ2v) is 7.62. The molecule has 1 unspecified atom stereocenters. The molecule has 1 spiro atoms. The van der Waals surface area contributed by atoms with Gasteiger partial charge in [-0.05, 0) is 25.0 Å². The topological polar surface area (TPSA) is 84.1 Å². The highest BCUT2D eigenvalue weighted by molar-refractivity contribution is 8.03. The van der Waals surface area contributed by atoms with Crippen molar-refractivity contribution in [1.29, 1.82) is 0 Å². The summed E-state index contributed by atoms with van der Waals surface area (Å²) >= 11 is 1.69. The van der Waals surface area contributed by atoms with Crippen LogP contribution in [0.1, 0.15) is 38.7 Å². The van der Waals surface area contributed by atoms with E-state index in [9.17, 15) is 9.59 Å². The number of hydrogen-bond donors (Lipinski definition) is 2. The molecule has 2 aliphatic heterocycles. The molecule has 1 aliphatic carbocycles. The van der Waals surface area contributed by atoms with Gasteiger partial charge in [0.1, 0.15) is 5.82 Å². The zero-order valence-corrected chi connectivity index (χ0v) is 15.7. The molecule has 4 rings (SSSR count). The lowest BCUT2D eigenvalue weighted by molar-refractivity contribution is -0.139. The van der Waals surface area contributed by atoms with Crippen LogP contribution in [0.25, 0.3) is 0 Å². The van der Waals surface area contributed by atoms with Gasteiger partial charge in [-0.25, -0.2) is 4.79 Å². The van der Waals surface area contributed by atoms with Crippen LogP contribution in [0, 0.1) is 0 Å². The normalized spacial score (nSPS) is 24.0. The largest absolute Gasteiger partial charge is 0.463 e. The van der Waals surface area contributed by atoms with E-state index in [1.165, 1.54) is 0 Å². The number of hydrogen-bond acceptors (Lipinski definition) is 6. The van der Waals surface area contributed by atoms with E-state index >= 15 is 0 Å². The summed E-state index contributed by atoms with van der Waals surface area (Å²) in [4.78, 5) is 26.3. The third-order valence-corrected chi connectivity index (χ3v) is 6.32. The zero-order chi connectivity index (χ0) is 18.3. The van der Waals surface area contributed by atoms with Gasteiger partial charge in [0.25, 0.3) is 0 Å². The van der Waals surface area contributed by atoms with Crippen LogP contribution >= 0.6 is 11.8 Å². The quantitative estimate of drug-likeness (QED) is 0.791. The number of anilines is 1. The maximum atomic E-state index is 13.0. The molecular formula is C19H21N3O3S. The third-order valence-electron chi connectivity index (χ3n) is 5.05. The van der Waals surface area contributed by atoms with Gasteiger partial charge in [-0.3, -0.25) is 9.89 Å².